The molecule has 2 saturated heterocycles. The summed E-state index contributed by atoms with van der Waals surface area (Å²) >= 11 is 0. The van der Waals surface area contributed by atoms with Crippen LogP contribution < -0.4 is 10.6 Å². The Labute approximate surface area is 203 Å². The van der Waals surface area contributed by atoms with Gasteiger partial charge >= 0.3 is 11.9 Å². The van der Waals surface area contributed by atoms with Gasteiger partial charge in [-0.2, -0.15) is 0 Å². The fourth-order valence-corrected chi connectivity index (χ4v) is 4.97. The summed E-state index contributed by atoms with van der Waals surface area (Å²) < 4.78 is 9.88. The maximum absolute atomic E-state index is 11.9. The van der Waals surface area contributed by atoms with Gasteiger partial charge in [0.05, 0.1) is 26.1 Å². The zero-order valence-corrected chi connectivity index (χ0v) is 20.4. The Balaban J connectivity index is 0.000000191. The van der Waals surface area contributed by atoms with Crippen LogP contribution in [0.4, 0.5) is 0 Å². The molecular formula is C28H38N2O4. The fourth-order valence-electron chi connectivity index (χ4n) is 4.97. The van der Waals surface area contributed by atoms with Crippen molar-refractivity contribution in [3.05, 3.63) is 71.8 Å². The standard InChI is InChI=1S/2C14H19NO2/c2*1-17-14(16)13(11-7-3-2-4-8-11)12-9-5-6-10-15-12/h2*2-4,7-8,12-13,15H,5-6,9-10H2,1H3/t2*12?,13-/m10/s1. The van der Waals surface area contributed by atoms with Crippen LogP contribution in [0.2, 0.25) is 0 Å². The van der Waals surface area contributed by atoms with Crippen LogP contribution >= 0.6 is 0 Å². The van der Waals surface area contributed by atoms with Crippen LogP contribution in [0.15, 0.2) is 60.7 Å². The maximum Gasteiger partial charge on any atom is 0.314 e. The Kier molecular flexibility index (Phi) is 10.6. The van der Waals surface area contributed by atoms with Crippen LogP contribution in [0.3, 0.4) is 0 Å². The highest BCUT2D eigenvalue weighted by Gasteiger charge is 2.32. The SMILES string of the molecule is COC(=O)[C@@H](c1ccccc1)C1CCCCN1.COC(=O)[C@H](c1ccccc1)C1CCCCN1. The molecule has 6 heteroatoms. The van der Waals surface area contributed by atoms with Gasteiger partial charge in [0, 0.05) is 12.1 Å². The number of piperidine rings is 2. The molecule has 2 N–H and O–H groups in total. The summed E-state index contributed by atoms with van der Waals surface area (Å²) in [4.78, 5) is 23.9. The van der Waals surface area contributed by atoms with E-state index in [9.17, 15) is 9.59 Å². The zero-order valence-electron chi connectivity index (χ0n) is 20.4. The highest BCUT2D eigenvalue weighted by Crippen LogP contribution is 2.27. The number of nitrogens with one attached hydrogen (secondary N) is 2. The predicted molar refractivity (Wildman–Crippen MR) is 134 cm³/mol. The molecule has 2 aromatic rings. The molecule has 2 fully saturated rings. The first kappa shape index (κ1) is 25.9. The Bertz CT molecular complexity index is 789. The second-order valence-corrected chi connectivity index (χ2v) is 8.94. The molecule has 0 radical (unpaired) electrons. The molecule has 0 aromatic heterocycles. The third-order valence-electron chi connectivity index (χ3n) is 6.73. The molecule has 0 amide bonds. The summed E-state index contributed by atoms with van der Waals surface area (Å²) in [5.41, 5.74) is 2.08. The number of hydrogen-bond acceptors (Lipinski definition) is 6. The monoisotopic (exact) mass is 466 g/mol. The van der Waals surface area contributed by atoms with E-state index in [1.54, 1.807) is 0 Å². The molecule has 0 spiro atoms. The van der Waals surface area contributed by atoms with E-state index in [-0.39, 0.29) is 35.9 Å². The van der Waals surface area contributed by atoms with E-state index in [4.69, 9.17) is 9.47 Å². The third kappa shape index (κ3) is 7.15. The Hall–Kier alpha value is -2.70. The zero-order chi connectivity index (χ0) is 24.2. The quantitative estimate of drug-likeness (QED) is 0.623. The minimum absolute atomic E-state index is 0.143. The predicted octanol–water partition coefficient (Wildman–Crippen LogP) is 4.17. The summed E-state index contributed by atoms with van der Waals surface area (Å²) in [5, 5.41) is 6.86. The normalized spacial score (nSPS) is 21.8. The Morgan fingerprint density at radius 3 is 1.35 bits per heavy atom. The van der Waals surface area contributed by atoms with Gasteiger partial charge in [-0.25, -0.2) is 0 Å². The summed E-state index contributed by atoms with van der Waals surface area (Å²) in [6.07, 6.45) is 6.82. The first-order valence-electron chi connectivity index (χ1n) is 12.4. The van der Waals surface area contributed by atoms with Crippen molar-refractivity contribution >= 4 is 11.9 Å². The largest absolute Gasteiger partial charge is 0.469 e. The number of methoxy groups -OCH3 is 2. The molecule has 4 atom stereocenters. The smallest absolute Gasteiger partial charge is 0.314 e. The molecule has 0 bridgehead atoms. The second-order valence-electron chi connectivity index (χ2n) is 8.94. The molecule has 34 heavy (non-hydrogen) atoms. The summed E-state index contributed by atoms with van der Waals surface area (Å²) in [6.45, 7) is 1.98. The fraction of sp³-hybridized carbons (Fsp3) is 0.500. The lowest BCUT2D eigenvalue weighted by Gasteiger charge is -2.29. The van der Waals surface area contributed by atoms with Gasteiger partial charge in [0.25, 0.3) is 0 Å². The van der Waals surface area contributed by atoms with E-state index in [1.165, 1.54) is 39.9 Å². The third-order valence-corrected chi connectivity index (χ3v) is 6.73. The van der Waals surface area contributed by atoms with Crippen LogP contribution in [-0.2, 0) is 19.1 Å². The van der Waals surface area contributed by atoms with Gasteiger partial charge in [0.1, 0.15) is 0 Å². The van der Waals surface area contributed by atoms with Crippen LogP contribution in [0.25, 0.3) is 0 Å². The first-order chi connectivity index (χ1) is 16.7. The van der Waals surface area contributed by atoms with Gasteiger partial charge in [-0.3, -0.25) is 9.59 Å². The van der Waals surface area contributed by atoms with Crippen molar-refractivity contribution in [2.24, 2.45) is 0 Å². The Morgan fingerprint density at radius 2 is 1.06 bits per heavy atom. The maximum atomic E-state index is 11.9. The average molecular weight is 467 g/mol. The van der Waals surface area contributed by atoms with Crippen LogP contribution in [0, 0.1) is 0 Å². The van der Waals surface area contributed by atoms with Crippen LogP contribution in [0.5, 0.6) is 0 Å². The van der Waals surface area contributed by atoms with E-state index < -0.39 is 0 Å². The van der Waals surface area contributed by atoms with E-state index in [0.29, 0.717) is 0 Å². The van der Waals surface area contributed by atoms with Gasteiger partial charge < -0.3 is 20.1 Å². The van der Waals surface area contributed by atoms with Crippen molar-refractivity contribution in [2.75, 3.05) is 27.3 Å². The molecular weight excluding hydrogens is 428 g/mol. The molecule has 184 valence electrons. The molecule has 4 rings (SSSR count). The minimum Gasteiger partial charge on any atom is -0.469 e. The van der Waals surface area contributed by atoms with Crippen molar-refractivity contribution in [1.29, 1.82) is 0 Å². The number of ether oxygens (including phenoxy) is 2. The van der Waals surface area contributed by atoms with E-state index >= 15 is 0 Å². The van der Waals surface area contributed by atoms with Gasteiger partial charge in [-0.15, -0.1) is 0 Å². The molecule has 2 unspecified atom stereocenters. The van der Waals surface area contributed by atoms with Crippen molar-refractivity contribution in [3.63, 3.8) is 0 Å². The number of esters is 2. The van der Waals surface area contributed by atoms with E-state index in [0.717, 1.165) is 37.1 Å². The summed E-state index contributed by atoms with van der Waals surface area (Å²) in [6, 6.07) is 20.2. The van der Waals surface area contributed by atoms with Crippen LogP contribution in [-0.4, -0.2) is 51.3 Å². The second kappa shape index (κ2) is 13.9. The highest BCUT2D eigenvalue weighted by atomic mass is 16.5. The number of rotatable bonds is 6. The lowest BCUT2D eigenvalue weighted by atomic mass is 9.86. The molecule has 2 heterocycles. The van der Waals surface area contributed by atoms with Crippen molar-refractivity contribution in [3.8, 4) is 0 Å². The van der Waals surface area contributed by atoms with Crippen LogP contribution in [0.1, 0.15) is 61.5 Å². The number of carbonyl (C=O) groups excluding carboxylic acids is 2. The topological polar surface area (TPSA) is 76.7 Å². The number of carbonyl (C=O) groups is 2. The lowest BCUT2D eigenvalue weighted by molar-refractivity contribution is -0.144. The summed E-state index contributed by atoms with van der Waals surface area (Å²) in [7, 11) is 2.92. The number of hydrogen-bond donors (Lipinski definition) is 2. The Morgan fingerprint density at radius 1 is 0.676 bits per heavy atom. The average Bonchev–Trinajstić information content (AvgIpc) is 2.91. The highest BCUT2D eigenvalue weighted by molar-refractivity contribution is 5.79. The van der Waals surface area contributed by atoms with Crippen molar-refractivity contribution < 1.29 is 19.1 Å². The summed E-state index contributed by atoms with van der Waals surface area (Å²) in [5.74, 6) is -0.644. The number of benzene rings is 2. The minimum atomic E-state index is -0.179. The van der Waals surface area contributed by atoms with Gasteiger partial charge in [0.15, 0.2) is 0 Å². The van der Waals surface area contributed by atoms with Crippen molar-refractivity contribution in [2.45, 2.75) is 62.4 Å². The lowest BCUT2D eigenvalue weighted by Crippen LogP contribution is -2.42. The van der Waals surface area contributed by atoms with Gasteiger partial charge in [-0.05, 0) is 49.9 Å². The molecule has 0 aliphatic carbocycles. The van der Waals surface area contributed by atoms with Gasteiger partial charge in [0.2, 0.25) is 0 Å². The van der Waals surface area contributed by atoms with E-state index in [1.807, 2.05) is 60.7 Å². The van der Waals surface area contributed by atoms with Gasteiger partial charge in [-0.1, -0.05) is 73.5 Å². The molecule has 6 nitrogen and oxygen atoms in total. The van der Waals surface area contributed by atoms with Crippen molar-refractivity contribution in [1.82, 2.24) is 10.6 Å². The molecule has 2 aliphatic heterocycles. The molecule has 2 aromatic carbocycles. The first-order valence-corrected chi connectivity index (χ1v) is 12.4. The molecule has 0 saturated carbocycles. The molecule has 2 aliphatic rings. The van der Waals surface area contributed by atoms with E-state index in [2.05, 4.69) is 10.6 Å².